The first-order chi connectivity index (χ1) is 45.2. The Kier molecular flexibility index (Phi) is 28.2. The van der Waals surface area contributed by atoms with Crippen molar-refractivity contribution < 1.29 is 38.4 Å². The first kappa shape index (κ1) is 75.5. The van der Waals surface area contributed by atoms with E-state index >= 15 is 0 Å². The second-order valence-corrected chi connectivity index (χ2v) is 27.8. The van der Waals surface area contributed by atoms with E-state index in [9.17, 15) is 24.3 Å². The summed E-state index contributed by atoms with van der Waals surface area (Å²) in [5.41, 5.74) is 6.62. The molecular formula is C74H95Cl5N6O10. The lowest BCUT2D eigenvalue weighted by Crippen LogP contribution is -2.55. The van der Waals surface area contributed by atoms with Crippen molar-refractivity contribution >= 4 is 69.8 Å². The molecule has 516 valence electrons. The van der Waals surface area contributed by atoms with Crippen molar-refractivity contribution in [2.45, 2.75) is 162 Å². The number of nitrogens with one attached hydrogen (secondary N) is 2. The molecule has 4 aliphatic rings. The predicted molar refractivity (Wildman–Crippen MR) is 380 cm³/mol. The molecule has 6 aromatic rings. The number of carbonyl (C=O) groups is 2. The summed E-state index contributed by atoms with van der Waals surface area (Å²) >= 11 is 32.0. The van der Waals surface area contributed by atoms with E-state index in [4.69, 9.17) is 81.7 Å². The fourth-order valence-electron chi connectivity index (χ4n) is 12.8. The Morgan fingerprint density at radius 2 is 1.13 bits per heavy atom. The summed E-state index contributed by atoms with van der Waals surface area (Å²) in [5.74, 6) is -0.205. The van der Waals surface area contributed by atoms with Crippen LogP contribution in [0.3, 0.4) is 0 Å². The van der Waals surface area contributed by atoms with Crippen LogP contribution in [-0.4, -0.2) is 121 Å². The van der Waals surface area contributed by atoms with Crippen LogP contribution in [0.4, 0.5) is 0 Å². The van der Waals surface area contributed by atoms with Crippen molar-refractivity contribution in [2.24, 2.45) is 11.8 Å². The van der Waals surface area contributed by atoms with Gasteiger partial charge in [-0.2, -0.15) is 0 Å². The van der Waals surface area contributed by atoms with Gasteiger partial charge in [-0.1, -0.05) is 97.5 Å². The highest BCUT2D eigenvalue weighted by Crippen LogP contribution is 2.42. The van der Waals surface area contributed by atoms with Crippen LogP contribution in [0.1, 0.15) is 128 Å². The smallest absolute Gasteiger partial charge is 0.250 e. The second-order valence-electron chi connectivity index (χ2n) is 25.8. The number of hydrogen-bond acceptors (Lipinski definition) is 12. The number of carbonyl (C=O) groups excluding carboxylic acids is 2. The molecule has 0 radical (unpaired) electrons. The molecule has 4 fully saturated rings. The zero-order valence-electron chi connectivity index (χ0n) is 55.0. The van der Waals surface area contributed by atoms with Crippen LogP contribution in [0, 0.1) is 25.7 Å². The number of aromatic nitrogens is 2. The third-order valence-corrected chi connectivity index (χ3v) is 20.3. The number of aliphatic hydroxyl groups is 1. The largest absolute Gasteiger partial charge is 0.494 e. The molecule has 16 nitrogen and oxygen atoms in total. The topological polar surface area (TPSA) is 175 Å². The van der Waals surface area contributed by atoms with E-state index in [1.165, 1.54) is 16.2 Å². The molecule has 2 saturated heterocycles. The molecule has 2 amide bonds. The van der Waals surface area contributed by atoms with Crippen molar-refractivity contribution in [3.63, 3.8) is 0 Å². The number of halogens is 5. The SMILES string of the molecule is C.CCCOc1cc(CCCOC)cc(CN(C(=O)[C@H]2CNCC[C@]2(C)c2ccn(CCOCc3c(Cl)cc(C)cc3Cl)c(=O)c2)C2CC2)c1.COCCc1ccc(Cl)c(CN(C(=O)[C@H]2CNCC[C@]2(O)c2ccn(CCOCc3c(Cl)cc(C)cc3Cl)c(=O)c2)C2CC2)c1. The number of methoxy groups -OCH3 is 2. The molecule has 0 spiro atoms. The Labute approximate surface area is 585 Å². The summed E-state index contributed by atoms with van der Waals surface area (Å²) in [5, 5.41) is 21.7. The number of nitrogens with zero attached hydrogens (tertiary/aromatic N) is 4. The molecule has 0 unspecified atom stereocenters. The van der Waals surface area contributed by atoms with Gasteiger partial charge in [0.25, 0.3) is 11.1 Å². The second kappa shape index (κ2) is 35.5. The minimum Gasteiger partial charge on any atom is -0.494 e. The van der Waals surface area contributed by atoms with E-state index in [1.807, 2.05) is 73.5 Å². The van der Waals surface area contributed by atoms with Gasteiger partial charge in [0.2, 0.25) is 11.8 Å². The molecule has 3 N–H and O–H groups in total. The lowest BCUT2D eigenvalue weighted by atomic mass is 9.67. The highest BCUT2D eigenvalue weighted by Gasteiger charge is 2.49. The van der Waals surface area contributed by atoms with Gasteiger partial charge in [-0.3, -0.25) is 19.2 Å². The molecule has 10 rings (SSSR count). The maximum atomic E-state index is 14.6. The van der Waals surface area contributed by atoms with Gasteiger partial charge >= 0.3 is 0 Å². The quantitative estimate of drug-likeness (QED) is 0.0365. The van der Waals surface area contributed by atoms with Crippen LogP contribution in [0.25, 0.3) is 0 Å². The van der Waals surface area contributed by atoms with E-state index in [0.29, 0.717) is 115 Å². The lowest BCUT2D eigenvalue weighted by Gasteiger charge is -2.43. The molecule has 2 aliphatic carbocycles. The summed E-state index contributed by atoms with van der Waals surface area (Å²) in [6, 6.07) is 26.9. The van der Waals surface area contributed by atoms with Crippen LogP contribution < -0.4 is 26.5 Å². The monoisotopic (exact) mass is 1400 g/mol. The van der Waals surface area contributed by atoms with Crippen molar-refractivity contribution in [1.82, 2.24) is 29.6 Å². The zero-order chi connectivity index (χ0) is 67.1. The molecule has 4 aromatic carbocycles. The summed E-state index contributed by atoms with van der Waals surface area (Å²) in [4.78, 5) is 59.2. The highest BCUT2D eigenvalue weighted by atomic mass is 35.5. The fourth-order valence-corrected chi connectivity index (χ4v) is 14.4. The Hall–Kier alpha value is -5.31. The number of aryl methyl sites for hydroxylation is 3. The van der Waals surface area contributed by atoms with Crippen molar-refractivity contribution in [3.8, 4) is 5.75 Å². The van der Waals surface area contributed by atoms with Gasteiger partial charge in [-0.25, -0.2) is 0 Å². The minimum absolute atomic E-state index is 0. The van der Waals surface area contributed by atoms with Crippen LogP contribution in [0.2, 0.25) is 25.1 Å². The van der Waals surface area contributed by atoms with Crippen LogP contribution in [0.5, 0.6) is 5.75 Å². The van der Waals surface area contributed by atoms with Crippen LogP contribution in [-0.2, 0) is 91.8 Å². The standard InChI is InChI=1S/C39H51Cl2N3O5.C34H40Cl3N3O5.CH4/c1-5-15-49-32-21-28(7-6-16-47-4)20-29(22-32)25-44(31-8-9-31)38(46)34-24-42-12-11-39(34,3)30-10-13-43(37(45)23-30)14-17-48-26-33-35(40)18-27(2)19-36(33)41;1-22-15-30(36)27(31(37)16-22)21-45-14-12-39-11-7-25(18-32(39)41)34(43)9-10-38-19-28(34)33(42)40(26-4-5-26)20-24-17-23(8-13-44-2)3-6-29(24)35;/h10,13,18-23,31,34,42H,5-9,11-12,14-17,24-26H2,1-4H3;3,6-7,11,15-18,26,28,38,43H,4-5,8-10,12-14,19-21H2,1-2H3;1H4/t34-,39-;28-,34+;/m11./s1. The third-order valence-electron chi connectivity index (χ3n) is 18.6. The van der Waals surface area contributed by atoms with Gasteiger partial charge in [0.15, 0.2) is 0 Å². The summed E-state index contributed by atoms with van der Waals surface area (Å²) < 4.78 is 31.4. The Balaban J connectivity index is 0.000000242. The number of hydrogen-bond donors (Lipinski definition) is 3. The number of pyridine rings is 2. The number of benzene rings is 4. The Morgan fingerprint density at radius 3 is 1.68 bits per heavy atom. The summed E-state index contributed by atoms with van der Waals surface area (Å²) in [7, 11) is 3.39. The summed E-state index contributed by atoms with van der Waals surface area (Å²) in [6.45, 7) is 14.9. The zero-order valence-corrected chi connectivity index (χ0v) is 58.8. The number of piperidine rings is 2. The van der Waals surface area contributed by atoms with Gasteiger partial charge < -0.3 is 58.4 Å². The predicted octanol–water partition coefficient (Wildman–Crippen LogP) is 13.3. The molecular weight excluding hydrogens is 1310 g/mol. The summed E-state index contributed by atoms with van der Waals surface area (Å²) in [6.07, 6.45) is 11.9. The number of ether oxygens (including phenoxy) is 5. The van der Waals surface area contributed by atoms with Gasteiger partial charge in [0.05, 0.1) is 51.5 Å². The molecule has 21 heteroatoms. The molecule has 2 aromatic heterocycles. The molecule has 2 saturated carbocycles. The molecule has 4 atom stereocenters. The van der Waals surface area contributed by atoms with Crippen molar-refractivity contribution in [3.05, 3.63) is 199 Å². The van der Waals surface area contributed by atoms with E-state index in [-0.39, 0.29) is 68.2 Å². The van der Waals surface area contributed by atoms with E-state index in [2.05, 4.69) is 47.6 Å². The molecule has 4 heterocycles. The van der Waals surface area contributed by atoms with Crippen molar-refractivity contribution in [1.29, 1.82) is 0 Å². The maximum Gasteiger partial charge on any atom is 0.250 e. The van der Waals surface area contributed by atoms with Crippen LogP contribution in [0.15, 0.2) is 107 Å². The normalized spacial score (nSPS) is 19.3. The van der Waals surface area contributed by atoms with Gasteiger partial charge in [-0.15, -0.1) is 0 Å². The van der Waals surface area contributed by atoms with Gasteiger partial charge in [-0.05, 0) is 190 Å². The highest BCUT2D eigenvalue weighted by molar-refractivity contribution is 6.36. The van der Waals surface area contributed by atoms with Crippen molar-refractivity contribution in [2.75, 3.05) is 73.4 Å². The average molecular weight is 1410 g/mol. The molecule has 0 bridgehead atoms. The lowest BCUT2D eigenvalue weighted by molar-refractivity contribution is -0.150. The third kappa shape index (κ3) is 20.0. The van der Waals surface area contributed by atoms with E-state index in [1.54, 1.807) is 37.1 Å². The first-order valence-corrected chi connectivity index (χ1v) is 34.8. The van der Waals surface area contributed by atoms with E-state index in [0.717, 1.165) is 109 Å². The van der Waals surface area contributed by atoms with E-state index < -0.39 is 16.9 Å². The number of rotatable bonds is 30. The first-order valence-electron chi connectivity index (χ1n) is 33.0. The Morgan fingerprint density at radius 1 is 0.600 bits per heavy atom. The molecule has 2 aliphatic heterocycles. The fraction of sp³-hybridized carbons (Fsp3) is 0.514. The van der Waals surface area contributed by atoms with Gasteiger partial charge in [0, 0.05) is 138 Å². The number of amides is 2. The van der Waals surface area contributed by atoms with Gasteiger partial charge in [0.1, 0.15) is 11.4 Å². The maximum absolute atomic E-state index is 14.6. The molecule has 95 heavy (non-hydrogen) atoms. The minimum atomic E-state index is -1.49. The Bertz CT molecular complexity index is 3650. The van der Waals surface area contributed by atoms with Crippen LogP contribution >= 0.6 is 58.0 Å². The average Bonchev–Trinajstić information content (AvgIpc) is 1.24.